The van der Waals surface area contributed by atoms with E-state index in [9.17, 15) is 4.79 Å². The molecule has 0 radical (unpaired) electrons. The van der Waals surface area contributed by atoms with Crippen LogP contribution in [0.4, 0.5) is 0 Å². The third-order valence-corrected chi connectivity index (χ3v) is 4.89. The molecule has 0 bridgehead atoms. The van der Waals surface area contributed by atoms with Crippen molar-refractivity contribution in [3.05, 3.63) is 71.6 Å². The summed E-state index contributed by atoms with van der Waals surface area (Å²) in [4.78, 5) is 21.2. The summed E-state index contributed by atoms with van der Waals surface area (Å²) in [6.45, 7) is 5.63. The van der Waals surface area contributed by atoms with E-state index in [1.54, 1.807) is 0 Å². The lowest BCUT2D eigenvalue weighted by molar-refractivity contribution is 0.0615. The Morgan fingerprint density at radius 3 is 2.44 bits per heavy atom. The van der Waals surface area contributed by atoms with Crippen molar-refractivity contribution in [3.63, 3.8) is 0 Å². The molecule has 0 saturated carbocycles. The molecule has 4 rings (SSSR count). The van der Waals surface area contributed by atoms with Gasteiger partial charge in [-0.25, -0.2) is 0 Å². The minimum atomic E-state index is 0.0925. The highest BCUT2D eigenvalue weighted by Gasteiger charge is 2.23. The van der Waals surface area contributed by atoms with E-state index in [-0.39, 0.29) is 5.91 Å². The smallest absolute Gasteiger partial charge is 0.253 e. The summed E-state index contributed by atoms with van der Waals surface area (Å²) in [6, 6.07) is 17.4. The van der Waals surface area contributed by atoms with Crippen molar-refractivity contribution in [2.45, 2.75) is 13.5 Å². The lowest BCUT2D eigenvalue weighted by Gasteiger charge is -2.34. The molecule has 0 aliphatic carbocycles. The Balaban J connectivity index is 1.35. The van der Waals surface area contributed by atoms with E-state index in [0.29, 0.717) is 31.3 Å². The van der Waals surface area contributed by atoms with Crippen LogP contribution in [0.25, 0.3) is 11.4 Å². The van der Waals surface area contributed by atoms with Gasteiger partial charge in [0.05, 0.1) is 6.54 Å². The lowest BCUT2D eigenvalue weighted by Crippen LogP contribution is -2.48. The molecule has 2 aromatic carbocycles. The molecule has 1 saturated heterocycles. The van der Waals surface area contributed by atoms with E-state index in [0.717, 1.165) is 29.8 Å². The number of amides is 1. The molecule has 0 atom stereocenters. The maximum Gasteiger partial charge on any atom is 0.253 e. The largest absolute Gasteiger partial charge is 0.338 e. The third kappa shape index (κ3) is 3.90. The van der Waals surface area contributed by atoms with Crippen molar-refractivity contribution in [3.8, 4) is 11.4 Å². The number of nitrogens with zero attached hydrogens (tertiary/aromatic N) is 4. The number of aryl methyl sites for hydroxylation is 1. The topological polar surface area (TPSA) is 62.5 Å². The zero-order valence-corrected chi connectivity index (χ0v) is 15.3. The van der Waals surface area contributed by atoms with Gasteiger partial charge in [-0.15, -0.1) is 0 Å². The monoisotopic (exact) mass is 362 g/mol. The van der Waals surface area contributed by atoms with Crippen molar-refractivity contribution in [1.82, 2.24) is 19.9 Å². The van der Waals surface area contributed by atoms with E-state index in [4.69, 9.17) is 4.52 Å². The first-order valence-electron chi connectivity index (χ1n) is 9.16. The van der Waals surface area contributed by atoms with Crippen molar-refractivity contribution < 1.29 is 9.32 Å². The number of benzene rings is 2. The first-order valence-corrected chi connectivity index (χ1v) is 9.16. The highest BCUT2D eigenvalue weighted by Crippen LogP contribution is 2.20. The van der Waals surface area contributed by atoms with Crippen LogP contribution in [-0.2, 0) is 6.54 Å². The predicted octanol–water partition coefficient (Wildman–Crippen LogP) is 3.00. The van der Waals surface area contributed by atoms with Gasteiger partial charge in [0.1, 0.15) is 0 Å². The minimum absolute atomic E-state index is 0.0925. The van der Waals surface area contributed by atoms with Gasteiger partial charge < -0.3 is 9.42 Å². The maximum atomic E-state index is 12.5. The Kier molecular flexibility index (Phi) is 4.98. The van der Waals surface area contributed by atoms with Crippen molar-refractivity contribution in [2.75, 3.05) is 26.2 Å². The highest BCUT2D eigenvalue weighted by atomic mass is 16.5. The Morgan fingerprint density at radius 2 is 1.70 bits per heavy atom. The van der Waals surface area contributed by atoms with Crippen LogP contribution in [0.2, 0.25) is 0 Å². The first kappa shape index (κ1) is 17.4. The van der Waals surface area contributed by atoms with Gasteiger partial charge in [-0.2, -0.15) is 4.98 Å². The van der Waals surface area contributed by atoms with Crippen molar-refractivity contribution >= 4 is 5.91 Å². The number of rotatable bonds is 4. The number of carbonyl (C=O) groups is 1. The van der Waals surface area contributed by atoms with Crippen molar-refractivity contribution in [2.24, 2.45) is 0 Å². The molecule has 1 amide bonds. The number of hydrogen-bond acceptors (Lipinski definition) is 5. The molecule has 1 aromatic heterocycles. The van der Waals surface area contributed by atoms with E-state index >= 15 is 0 Å². The summed E-state index contributed by atoms with van der Waals surface area (Å²) in [5.41, 5.74) is 2.86. The van der Waals surface area contributed by atoms with Crippen LogP contribution in [0.3, 0.4) is 0 Å². The fraction of sp³-hybridized carbons (Fsp3) is 0.286. The summed E-state index contributed by atoms with van der Waals surface area (Å²) in [6.07, 6.45) is 0. The molecule has 0 spiro atoms. The van der Waals surface area contributed by atoms with E-state index in [1.807, 2.05) is 66.4 Å². The molecule has 6 nitrogen and oxygen atoms in total. The summed E-state index contributed by atoms with van der Waals surface area (Å²) in [5.74, 6) is 1.33. The second-order valence-electron chi connectivity index (χ2n) is 6.76. The summed E-state index contributed by atoms with van der Waals surface area (Å²) in [5, 5.41) is 4.12. The second kappa shape index (κ2) is 7.72. The summed E-state index contributed by atoms with van der Waals surface area (Å²) in [7, 11) is 0. The van der Waals surface area contributed by atoms with Crippen LogP contribution in [0.15, 0.2) is 59.1 Å². The quantitative estimate of drug-likeness (QED) is 0.714. The molecule has 1 aliphatic heterocycles. The van der Waals surface area contributed by atoms with Gasteiger partial charge in [0.15, 0.2) is 0 Å². The Labute approximate surface area is 158 Å². The molecule has 2 heterocycles. The first-order chi connectivity index (χ1) is 13.2. The van der Waals surface area contributed by atoms with Crippen LogP contribution >= 0.6 is 0 Å². The van der Waals surface area contributed by atoms with Crippen molar-refractivity contribution in [1.29, 1.82) is 0 Å². The molecular formula is C21H22N4O2. The average Bonchev–Trinajstić information content (AvgIpc) is 3.17. The Morgan fingerprint density at radius 1 is 1.00 bits per heavy atom. The molecule has 1 aliphatic rings. The molecule has 1 fully saturated rings. The highest BCUT2D eigenvalue weighted by molar-refractivity contribution is 5.94. The fourth-order valence-electron chi connectivity index (χ4n) is 3.32. The van der Waals surface area contributed by atoms with Crippen LogP contribution < -0.4 is 0 Å². The van der Waals surface area contributed by atoms with Gasteiger partial charge in [0.2, 0.25) is 11.7 Å². The molecule has 0 N–H and O–H groups in total. The molecule has 3 aromatic rings. The molecule has 138 valence electrons. The average molecular weight is 362 g/mol. The van der Waals surface area contributed by atoms with Crippen LogP contribution in [0.5, 0.6) is 0 Å². The van der Waals surface area contributed by atoms with Gasteiger partial charge in [-0.05, 0) is 24.6 Å². The number of hydrogen-bond donors (Lipinski definition) is 0. The van der Waals surface area contributed by atoms with Gasteiger partial charge in [0, 0.05) is 37.3 Å². The zero-order valence-electron chi connectivity index (χ0n) is 15.3. The van der Waals surface area contributed by atoms with Gasteiger partial charge in [-0.3, -0.25) is 9.69 Å². The maximum absolute atomic E-state index is 12.5. The second-order valence-corrected chi connectivity index (χ2v) is 6.76. The Bertz CT molecular complexity index is 915. The number of aromatic nitrogens is 2. The van der Waals surface area contributed by atoms with E-state index in [2.05, 4.69) is 15.0 Å². The fourth-order valence-corrected chi connectivity index (χ4v) is 3.32. The summed E-state index contributed by atoms with van der Waals surface area (Å²) >= 11 is 0. The van der Waals surface area contributed by atoms with Crippen LogP contribution in [0.1, 0.15) is 21.8 Å². The van der Waals surface area contributed by atoms with Gasteiger partial charge >= 0.3 is 0 Å². The van der Waals surface area contributed by atoms with Gasteiger partial charge in [-0.1, -0.05) is 47.6 Å². The lowest BCUT2D eigenvalue weighted by atomic mass is 10.1. The predicted molar refractivity (Wildman–Crippen MR) is 102 cm³/mol. The summed E-state index contributed by atoms with van der Waals surface area (Å²) < 4.78 is 5.44. The van der Waals surface area contributed by atoms with E-state index < -0.39 is 0 Å². The normalized spacial score (nSPS) is 15.1. The van der Waals surface area contributed by atoms with Crippen LogP contribution in [0, 0.1) is 6.92 Å². The number of carbonyl (C=O) groups excluding carboxylic acids is 1. The van der Waals surface area contributed by atoms with E-state index in [1.165, 1.54) is 0 Å². The molecule has 0 unspecified atom stereocenters. The third-order valence-electron chi connectivity index (χ3n) is 4.89. The standard InChI is InChI=1S/C21H22N4O2/c1-16-7-5-6-10-18(16)20-22-19(27-23-20)15-24-11-13-25(14-12-24)21(26)17-8-3-2-4-9-17/h2-10H,11-15H2,1H3. The van der Waals surface area contributed by atoms with Gasteiger partial charge in [0.25, 0.3) is 5.91 Å². The number of piperazine rings is 1. The SMILES string of the molecule is Cc1ccccc1-c1noc(CN2CCN(C(=O)c3ccccc3)CC2)n1. The van der Waals surface area contributed by atoms with Crippen LogP contribution in [-0.4, -0.2) is 52.0 Å². The minimum Gasteiger partial charge on any atom is -0.338 e. The molecule has 27 heavy (non-hydrogen) atoms. The zero-order chi connectivity index (χ0) is 18.6. The molecule has 6 heteroatoms. The Hall–Kier alpha value is -2.99. The molecular weight excluding hydrogens is 340 g/mol.